The smallest absolute Gasteiger partial charge is 0.0501 e. The van der Waals surface area contributed by atoms with E-state index in [1.54, 1.807) is 0 Å². The Kier molecular flexibility index (Phi) is 5.10. The number of hydrogen-bond acceptors (Lipinski definition) is 2. The minimum absolute atomic E-state index is 0.414. The highest BCUT2D eigenvalue weighted by atomic mass is 32.2. The van der Waals surface area contributed by atoms with Crippen molar-refractivity contribution in [3.8, 4) is 0 Å². The molecule has 0 heterocycles. The fourth-order valence-electron chi connectivity index (χ4n) is 2.19. The topological polar surface area (TPSA) is 29.1 Å². The zero-order chi connectivity index (χ0) is 10.6. The minimum Gasteiger partial charge on any atom is -0.313 e. The van der Waals surface area contributed by atoms with E-state index in [1.165, 1.54) is 12.8 Å². The summed E-state index contributed by atoms with van der Waals surface area (Å²) in [6.45, 7) is 7.42. The Morgan fingerprint density at radius 2 is 2.14 bits per heavy atom. The van der Waals surface area contributed by atoms with Crippen molar-refractivity contribution in [2.45, 2.75) is 51.3 Å². The van der Waals surface area contributed by atoms with E-state index in [9.17, 15) is 4.21 Å². The Morgan fingerprint density at radius 1 is 1.43 bits per heavy atom. The van der Waals surface area contributed by atoms with Crippen LogP contribution in [0.4, 0.5) is 0 Å². The highest BCUT2D eigenvalue weighted by Gasteiger charge is 2.31. The van der Waals surface area contributed by atoms with Crippen LogP contribution >= 0.6 is 0 Å². The Bertz CT molecular complexity index is 194. The maximum Gasteiger partial charge on any atom is 0.0501 e. The lowest BCUT2D eigenvalue weighted by Gasteiger charge is -2.20. The predicted octanol–water partition coefficient (Wildman–Crippen LogP) is 1.92. The average Bonchev–Trinajstić information content (AvgIpc) is 2.51. The van der Waals surface area contributed by atoms with Crippen molar-refractivity contribution in [3.05, 3.63) is 0 Å². The van der Waals surface area contributed by atoms with Gasteiger partial charge in [0.15, 0.2) is 0 Å². The molecule has 1 aliphatic rings. The highest BCUT2D eigenvalue weighted by molar-refractivity contribution is 7.85. The lowest BCUT2D eigenvalue weighted by atomic mass is 10.2. The van der Waals surface area contributed by atoms with Crippen LogP contribution in [0, 0.1) is 5.92 Å². The van der Waals surface area contributed by atoms with Gasteiger partial charge in [-0.15, -0.1) is 0 Å². The minimum atomic E-state index is -0.620. The lowest BCUT2D eigenvalue weighted by molar-refractivity contribution is 0.538. The molecule has 1 fully saturated rings. The molecule has 0 aromatic heterocycles. The van der Waals surface area contributed by atoms with Crippen LogP contribution in [0.25, 0.3) is 0 Å². The zero-order valence-corrected chi connectivity index (χ0v) is 10.4. The van der Waals surface area contributed by atoms with Gasteiger partial charge >= 0.3 is 0 Å². The fraction of sp³-hybridized carbons (Fsp3) is 1.00. The van der Waals surface area contributed by atoms with Gasteiger partial charge in [0.05, 0.1) is 5.25 Å². The molecule has 0 aromatic rings. The van der Waals surface area contributed by atoms with Crippen molar-refractivity contribution in [1.82, 2.24) is 5.32 Å². The number of nitrogens with one attached hydrogen (secondary N) is 1. The first-order chi connectivity index (χ1) is 6.65. The predicted molar refractivity (Wildman–Crippen MR) is 63.0 cm³/mol. The quantitative estimate of drug-likeness (QED) is 0.762. The van der Waals surface area contributed by atoms with Crippen molar-refractivity contribution >= 4 is 10.8 Å². The second kappa shape index (κ2) is 5.86. The first-order valence-corrected chi connectivity index (χ1v) is 7.14. The SMILES string of the molecule is CCNC1CCCC1S(=O)CC(C)C. The van der Waals surface area contributed by atoms with Crippen molar-refractivity contribution in [1.29, 1.82) is 0 Å². The largest absolute Gasteiger partial charge is 0.313 e. The van der Waals surface area contributed by atoms with E-state index < -0.39 is 10.8 Å². The van der Waals surface area contributed by atoms with Crippen molar-refractivity contribution in [2.75, 3.05) is 12.3 Å². The van der Waals surface area contributed by atoms with Crippen molar-refractivity contribution in [2.24, 2.45) is 5.92 Å². The summed E-state index contributed by atoms with van der Waals surface area (Å²) in [6.07, 6.45) is 3.60. The molecular formula is C11H23NOS. The molecule has 1 rings (SSSR count). The standard InChI is InChI=1S/C11H23NOS/c1-4-12-10-6-5-7-11(10)14(13)8-9(2)3/h9-12H,4-8H2,1-3H3. The van der Waals surface area contributed by atoms with E-state index >= 15 is 0 Å². The van der Waals surface area contributed by atoms with E-state index in [1.807, 2.05) is 0 Å². The summed E-state index contributed by atoms with van der Waals surface area (Å²) in [5, 5.41) is 3.87. The van der Waals surface area contributed by atoms with Crippen LogP contribution in [-0.4, -0.2) is 27.8 Å². The summed E-state index contributed by atoms with van der Waals surface area (Å²) in [4.78, 5) is 0. The van der Waals surface area contributed by atoms with Gasteiger partial charge in [-0.3, -0.25) is 4.21 Å². The van der Waals surface area contributed by atoms with Gasteiger partial charge in [0.25, 0.3) is 0 Å². The summed E-state index contributed by atoms with van der Waals surface area (Å²) in [6, 6.07) is 0.514. The molecule has 0 saturated heterocycles. The summed E-state index contributed by atoms with van der Waals surface area (Å²) in [5.41, 5.74) is 0. The molecule has 2 nitrogen and oxygen atoms in total. The van der Waals surface area contributed by atoms with E-state index in [0.717, 1.165) is 18.7 Å². The first-order valence-electron chi connectivity index (χ1n) is 5.75. The molecular weight excluding hydrogens is 194 g/mol. The molecule has 1 N–H and O–H groups in total. The van der Waals surface area contributed by atoms with E-state index in [0.29, 0.717) is 17.2 Å². The molecule has 0 bridgehead atoms. The Balaban J connectivity index is 2.44. The Labute approximate surface area is 90.3 Å². The molecule has 0 spiro atoms. The molecule has 14 heavy (non-hydrogen) atoms. The third-order valence-electron chi connectivity index (χ3n) is 2.75. The maximum atomic E-state index is 12.0. The molecule has 0 radical (unpaired) electrons. The zero-order valence-electron chi connectivity index (χ0n) is 9.58. The van der Waals surface area contributed by atoms with Crippen LogP contribution < -0.4 is 5.32 Å². The third kappa shape index (κ3) is 3.35. The van der Waals surface area contributed by atoms with Gasteiger partial charge in [-0.2, -0.15) is 0 Å². The van der Waals surface area contributed by atoms with Crippen LogP contribution in [0.1, 0.15) is 40.0 Å². The van der Waals surface area contributed by atoms with Crippen molar-refractivity contribution in [3.63, 3.8) is 0 Å². The summed E-state index contributed by atoms with van der Waals surface area (Å²) in [5.74, 6) is 1.42. The summed E-state index contributed by atoms with van der Waals surface area (Å²) >= 11 is 0. The molecule has 0 aromatic carbocycles. The molecule has 1 saturated carbocycles. The molecule has 1 aliphatic carbocycles. The van der Waals surface area contributed by atoms with Gasteiger partial charge in [0.2, 0.25) is 0 Å². The molecule has 3 atom stereocenters. The van der Waals surface area contributed by atoms with Gasteiger partial charge in [-0.1, -0.05) is 27.2 Å². The number of rotatable bonds is 5. The van der Waals surface area contributed by atoms with E-state index in [2.05, 4.69) is 26.1 Å². The Morgan fingerprint density at radius 3 is 2.71 bits per heavy atom. The normalized spacial score (nSPS) is 29.7. The van der Waals surface area contributed by atoms with Gasteiger partial charge in [0.1, 0.15) is 0 Å². The average molecular weight is 217 g/mol. The molecule has 0 aliphatic heterocycles. The van der Waals surface area contributed by atoms with Crippen LogP contribution in [0.15, 0.2) is 0 Å². The molecule has 84 valence electrons. The summed E-state index contributed by atoms with van der Waals surface area (Å²) < 4.78 is 12.0. The van der Waals surface area contributed by atoms with Gasteiger partial charge in [-0.25, -0.2) is 0 Å². The van der Waals surface area contributed by atoms with Crippen LogP contribution in [0.5, 0.6) is 0 Å². The summed E-state index contributed by atoms with van der Waals surface area (Å²) in [7, 11) is -0.620. The molecule has 3 unspecified atom stereocenters. The third-order valence-corrected chi connectivity index (χ3v) is 4.99. The van der Waals surface area contributed by atoms with Crippen molar-refractivity contribution < 1.29 is 4.21 Å². The first kappa shape index (κ1) is 12.2. The second-order valence-corrected chi connectivity index (χ2v) is 6.28. The second-order valence-electron chi connectivity index (χ2n) is 4.57. The highest BCUT2D eigenvalue weighted by Crippen LogP contribution is 2.24. The van der Waals surface area contributed by atoms with Crippen LogP contribution in [-0.2, 0) is 10.8 Å². The lowest BCUT2D eigenvalue weighted by Crippen LogP contribution is -2.39. The Hall–Kier alpha value is 0.110. The van der Waals surface area contributed by atoms with E-state index in [4.69, 9.17) is 0 Å². The van der Waals surface area contributed by atoms with Gasteiger partial charge < -0.3 is 5.32 Å². The molecule has 3 heteroatoms. The molecule has 0 amide bonds. The fourth-order valence-corrected chi connectivity index (χ4v) is 4.12. The maximum absolute atomic E-state index is 12.0. The van der Waals surface area contributed by atoms with Crippen LogP contribution in [0.3, 0.4) is 0 Å². The van der Waals surface area contributed by atoms with Gasteiger partial charge in [0, 0.05) is 22.6 Å². The van der Waals surface area contributed by atoms with Crippen LogP contribution in [0.2, 0.25) is 0 Å². The van der Waals surface area contributed by atoms with Gasteiger partial charge in [-0.05, 0) is 25.3 Å². The monoisotopic (exact) mass is 217 g/mol. The van der Waals surface area contributed by atoms with E-state index in [-0.39, 0.29) is 0 Å². The number of hydrogen-bond donors (Lipinski definition) is 1.